The molecule has 1 saturated heterocycles. The first kappa shape index (κ1) is 14.7. The number of carbonyl (C=O) groups is 1. The Hall–Kier alpha value is -1.35. The van der Waals surface area contributed by atoms with Crippen molar-refractivity contribution in [1.29, 1.82) is 0 Å². The van der Waals surface area contributed by atoms with Crippen LogP contribution in [0.3, 0.4) is 0 Å². The molecule has 1 aliphatic heterocycles. The van der Waals surface area contributed by atoms with Gasteiger partial charge < -0.3 is 9.84 Å². The predicted molar refractivity (Wildman–Crippen MR) is 71.7 cm³/mol. The van der Waals surface area contributed by atoms with Gasteiger partial charge in [-0.25, -0.2) is 0 Å². The van der Waals surface area contributed by atoms with Gasteiger partial charge in [-0.1, -0.05) is 30.3 Å². The molecule has 1 aromatic rings. The zero-order chi connectivity index (χ0) is 13.1. The summed E-state index contributed by atoms with van der Waals surface area (Å²) in [7, 11) is 0. The van der Waals surface area contributed by atoms with Crippen LogP contribution in [-0.2, 0) is 16.0 Å². The standard InChI is InChI=1S/C10H12O2.C5H10O/c11-10(12)8-4-7-9-5-2-1-3-6-9;1-2-4-6-5-3-1/h1-3,5-6H,4,7-8H2,(H,11,12);1-5H2. The molecule has 0 saturated carbocycles. The van der Waals surface area contributed by atoms with Crippen molar-refractivity contribution < 1.29 is 14.6 Å². The van der Waals surface area contributed by atoms with E-state index in [1.165, 1.54) is 24.8 Å². The maximum Gasteiger partial charge on any atom is 0.303 e. The van der Waals surface area contributed by atoms with Gasteiger partial charge in [0.25, 0.3) is 0 Å². The summed E-state index contributed by atoms with van der Waals surface area (Å²) in [5, 5.41) is 8.39. The summed E-state index contributed by atoms with van der Waals surface area (Å²) in [6.45, 7) is 2.00. The number of ether oxygens (including phenoxy) is 1. The Morgan fingerprint density at radius 2 is 1.78 bits per heavy atom. The molecule has 0 spiro atoms. The second-order valence-electron chi connectivity index (χ2n) is 4.41. The minimum atomic E-state index is -0.717. The van der Waals surface area contributed by atoms with Crippen LogP contribution in [0, 0.1) is 0 Å². The molecule has 0 atom stereocenters. The van der Waals surface area contributed by atoms with Gasteiger partial charge in [0.1, 0.15) is 0 Å². The lowest BCUT2D eigenvalue weighted by Crippen LogP contribution is -2.03. The topological polar surface area (TPSA) is 46.5 Å². The third kappa shape index (κ3) is 7.85. The van der Waals surface area contributed by atoms with Gasteiger partial charge in [0.05, 0.1) is 0 Å². The molecule has 0 aromatic heterocycles. The minimum Gasteiger partial charge on any atom is -0.481 e. The molecule has 0 amide bonds. The fourth-order valence-corrected chi connectivity index (χ4v) is 1.78. The molecule has 0 aliphatic carbocycles. The first-order valence-corrected chi connectivity index (χ1v) is 6.62. The Kier molecular flexibility index (Phi) is 7.89. The average Bonchev–Trinajstić information content (AvgIpc) is 2.42. The van der Waals surface area contributed by atoms with Crippen LogP contribution in [0.2, 0.25) is 0 Å². The molecule has 0 radical (unpaired) electrons. The van der Waals surface area contributed by atoms with Crippen molar-refractivity contribution >= 4 is 5.97 Å². The van der Waals surface area contributed by atoms with Crippen LogP contribution < -0.4 is 0 Å². The molecule has 0 bridgehead atoms. The lowest BCUT2D eigenvalue weighted by molar-refractivity contribution is -0.137. The molecule has 1 aliphatic rings. The minimum absolute atomic E-state index is 0.259. The molecule has 100 valence electrons. The SMILES string of the molecule is C1CCOCC1.O=C(O)CCCc1ccccc1. The van der Waals surface area contributed by atoms with E-state index >= 15 is 0 Å². The summed E-state index contributed by atoms with van der Waals surface area (Å²) in [5.41, 5.74) is 1.21. The average molecular weight is 250 g/mol. The molecule has 3 heteroatoms. The van der Waals surface area contributed by atoms with Crippen molar-refractivity contribution in [2.45, 2.75) is 38.5 Å². The normalized spacial score (nSPS) is 14.4. The van der Waals surface area contributed by atoms with Gasteiger partial charge in [0.15, 0.2) is 0 Å². The van der Waals surface area contributed by atoms with Crippen LogP contribution in [0.4, 0.5) is 0 Å². The summed E-state index contributed by atoms with van der Waals surface area (Å²) < 4.78 is 5.07. The fourth-order valence-electron chi connectivity index (χ4n) is 1.78. The van der Waals surface area contributed by atoms with Crippen LogP contribution in [0.1, 0.15) is 37.7 Å². The Labute approximate surface area is 109 Å². The van der Waals surface area contributed by atoms with Gasteiger partial charge in [0, 0.05) is 19.6 Å². The Bertz CT molecular complexity index is 306. The van der Waals surface area contributed by atoms with E-state index in [-0.39, 0.29) is 6.42 Å². The summed E-state index contributed by atoms with van der Waals surface area (Å²) in [4.78, 5) is 10.2. The van der Waals surface area contributed by atoms with E-state index in [0.717, 1.165) is 26.1 Å². The van der Waals surface area contributed by atoms with Crippen LogP contribution in [0.5, 0.6) is 0 Å². The van der Waals surface area contributed by atoms with Gasteiger partial charge in [-0.15, -0.1) is 0 Å². The zero-order valence-corrected chi connectivity index (χ0v) is 10.8. The first-order valence-electron chi connectivity index (χ1n) is 6.62. The number of benzene rings is 1. The summed E-state index contributed by atoms with van der Waals surface area (Å²) in [6.07, 6.45) is 5.77. The van der Waals surface area contributed by atoms with Gasteiger partial charge in [0.2, 0.25) is 0 Å². The van der Waals surface area contributed by atoms with Crippen molar-refractivity contribution in [2.24, 2.45) is 0 Å². The first-order chi connectivity index (χ1) is 8.79. The number of hydrogen-bond donors (Lipinski definition) is 1. The number of rotatable bonds is 4. The number of carboxylic acids is 1. The Morgan fingerprint density at radius 3 is 2.22 bits per heavy atom. The summed E-state index contributed by atoms with van der Waals surface area (Å²) >= 11 is 0. The summed E-state index contributed by atoms with van der Waals surface area (Å²) in [5.74, 6) is -0.717. The number of aryl methyl sites for hydroxylation is 1. The third-order valence-electron chi connectivity index (χ3n) is 2.78. The molecule has 1 fully saturated rings. The van der Waals surface area contributed by atoms with Crippen molar-refractivity contribution in [1.82, 2.24) is 0 Å². The highest BCUT2D eigenvalue weighted by atomic mass is 16.5. The molecule has 2 rings (SSSR count). The zero-order valence-electron chi connectivity index (χ0n) is 10.8. The molecular weight excluding hydrogens is 228 g/mol. The molecule has 3 nitrogen and oxygen atoms in total. The monoisotopic (exact) mass is 250 g/mol. The second kappa shape index (κ2) is 9.66. The highest BCUT2D eigenvalue weighted by Crippen LogP contribution is 2.04. The lowest BCUT2D eigenvalue weighted by Gasteiger charge is -2.08. The number of hydrogen-bond acceptors (Lipinski definition) is 2. The van der Waals surface area contributed by atoms with E-state index in [9.17, 15) is 4.79 Å². The van der Waals surface area contributed by atoms with Crippen molar-refractivity contribution in [3.8, 4) is 0 Å². The highest BCUT2D eigenvalue weighted by Gasteiger charge is 1.96. The molecule has 18 heavy (non-hydrogen) atoms. The maximum absolute atomic E-state index is 10.2. The Morgan fingerprint density at radius 1 is 1.11 bits per heavy atom. The molecule has 1 aromatic carbocycles. The fraction of sp³-hybridized carbons (Fsp3) is 0.533. The van der Waals surface area contributed by atoms with E-state index in [0.29, 0.717) is 0 Å². The predicted octanol–water partition coefficient (Wildman–Crippen LogP) is 3.28. The largest absolute Gasteiger partial charge is 0.481 e. The quantitative estimate of drug-likeness (QED) is 0.892. The molecular formula is C15H22O3. The third-order valence-corrected chi connectivity index (χ3v) is 2.78. The number of aliphatic carboxylic acids is 1. The van der Waals surface area contributed by atoms with Crippen molar-refractivity contribution in [3.63, 3.8) is 0 Å². The summed E-state index contributed by atoms with van der Waals surface area (Å²) in [6, 6.07) is 9.93. The molecule has 1 N–H and O–H groups in total. The van der Waals surface area contributed by atoms with Crippen LogP contribution in [0.25, 0.3) is 0 Å². The Balaban J connectivity index is 0.000000225. The van der Waals surface area contributed by atoms with Crippen LogP contribution >= 0.6 is 0 Å². The smallest absolute Gasteiger partial charge is 0.303 e. The number of carboxylic acid groups (broad SMARTS) is 1. The second-order valence-corrected chi connectivity index (χ2v) is 4.41. The van der Waals surface area contributed by atoms with Crippen molar-refractivity contribution in [3.05, 3.63) is 35.9 Å². The lowest BCUT2D eigenvalue weighted by atomic mass is 10.1. The van der Waals surface area contributed by atoms with E-state index in [1.807, 2.05) is 30.3 Å². The van der Waals surface area contributed by atoms with Gasteiger partial charge in [-0.3, -0.25) is 4.79 Å². The van der Waals surface area contributed by atoms with Crippen LogP contribution in [0.15, 0.2) is 30.3 Å². The highest BCUT2D eigenvalue weighted by molar-refractivity contribution is 5.66. The van der Waals surface area contributed by atoms with E-state index in [2.05, 4.69) is 0 Å². The van der Waals surface area contributed by atoms with E-state index in [1.54, 1.807) is 0 Å². The van der Waals surface area contributed by atoms with Gasteiger partial charge >= 0.3 is 5.97 Å². The van der Waals surface area contributed by atoms with Crippen molar-refractivity contribution in [2.75, 3.05) is 13.2 Å². The van der Waals surface area contributed by atoms with Crippen LogP contribution in [-0.4, -0.2) is 24.3 Å². The maximum atomic E-state index is 10.2. The van der Waals surface area contributed by atoms with Gasteiger partial charge in [-0.05, 0) is 37.7 Å². The van der Waals surface area contributed by atoms with Gasteiger partial charge in [-0.2, -0.15) is 0 Å². The van der Waals surface area contributed by atoms with E-state index < -0.39 is 5.97 Å². The molecule has 0 unspecified atom stereocenters. The molecule has 1 heterocycles. The van der Waals surface area contributed by atoms with E-state index in [4.69, 9.17) is 9.84 Å².